The zero-order chi connectivity index (χ0) is 15.9. The molecule has 4 nitrogen and oxygen atoms in total. The smallest absolute Gasteiger partial charge is 0.0900 e. The lowest BCUT2D eigenvalue weighted by Gasteiger charge is -2.29. The maximum absolute atomic E-state index is 10.2. The first-order valence-corrected chi connectivity index (χ1v) is 8.27. The van der Waals surface area contributed by atoms with E-state index in [0.717, 1.165) is 31.1 Å². The lowest BCUT2D eigenvalue weighted by Crippen LogP contribution is -2.35. The van der Waals surface area contributed by atoms with Crippen LogP contribution in [0.2, 0.25) is 5.02 Å². The van der Waals surface area contributed by atoms with E-state index < -0.39 is 6.10 Å². The first kappa shape index (κ1) is 17.7. The Morgan fingerprint density at radius 3 is 2.59 bits per heavy atom. The Bertz CT molecular complexity index is 434. The molecule has 1 aliphatic heterocycles. The van der Waals surface area contributed by atoms with Gasteiger partial charge in [0.1, 0.15) is 0 Å². The van der Waals surface area contributed by atoms with Crippen LogP contribution in [0, 0.1) is 0 Å². The summed E-state index contributed by atoms with van der Waals surface area (Å²) in [5.41, 5.74) is 1.18. The van der Waals surface area contributed by atoms with Crippen LogP contribution in [0.25, 0.3) is 0 Å². The zero-order valence-electron chi connectivity index (χ0n) is 13.4. The van der Waals surface area contributed by atoms with Crippen molar-refractivity contribution in [3.63, 3.8) is 0 Å². The van der Waals surface area contributed by atoms with Gasteiger partial charge in [-0.15, -0.1) is 0 Å². The minimum atomic E-state index is -0.484. The van der Waals surface area contributed by atoms with Crippen LogP contribution < -0.4 is 0 Å². The quantitative estimate of drug-likeness (QED) is 0.836. The summed E-state index contributed by atoms with van der Waals surface area (Å²) in [5, 5.41) is 10.9. The minimum Gasteiger partial charge on any atom is -0.389 e. The monoisotopic (exact) mass is 327 g/mol. The number of hydrogen-bond acceptors (Lipinski definition) is 4. The number of halogens is 1. The van der Waals surface area contributed by atoms with E-state index in [9.17, 15) is 5.11 Å². The highest BCUT2D eigenvalue weighted by Crippen LogP contribution is 2.21. The van der Waals surface area contributed by atoms with Gasteiger partial charge in [-0.05, 0) is 44.5 Å². The first-order chi connectivity index (χ1) is 10.6. The second kappa shape index (κ2) is 8.85. The van der Waals surface area contributed by atoms with Crippen LogP contribution >= 0.6 is 11.6 Å². The van der Waals surface area contributed by atoms with Gasteiger partial charge in [-0.3, -0.25) is 4.90 Å². The van der Waals surface area contributed by atoms with E-state index in [1.165, 1.54) is 5.56 Å². The number of likely N-dealkylation sites (N-methyl/N-ethyl adjacent to an activating group) is 1. The first-order valence-electron chi connectivity index (χ1n) is 7.89. The van der Waals surface area contributed by atoms with E-state index in [4.69, 9.17) is 21.1 Å². The molecule has 1 aromatic rings. The third kappa shape index (κ3) is 5.52. The molecule has 1 aliphatic rings. The van der Waals surface area contributed by atoms with E-state index in [1.807, 2.05) is 31.3 Å². The SMILES string of the molecule is CC(c1ccc(Cl)cc1)N(C)CC(O)COC1CCOCC1. The van der Waals surface area contributed by atoms with Crippen LogP contribution in [0.5, 0.6) is 0 Å². The Morgan fingerprint density at radius 1 is 1.32 bits per heavy atom. The summed E-state index contributed by atoms with van der Waals surface area (Å²) < 4.78 is 11.1. The summed E-state index contributed by atoms with van der Waals surface area (Å²) in [5.74, 6) is 0. The number of ether oxygens (including phenoxy) is 2. The van der Waals surface area contributed by atoms with Gasteiger partial charge >= 0.3 is 0 Å². The fourth-order valence-corrected chi connectivity index (χ4v) is 2.75. The van der Waals surface area contributed by atoms with Gasteiger partial charge in [0, 0.05) is 30.8 Å². The number of rotatable bonds is 7. The molecule has 1 N–H and O–H groups in total. The molecule has 1 aromatic carbocycles. The Balaban J connectivity index is 1.74. The Labute approximate surface area is 138 Å². The summed E-state index contributed by atoms with van der Waals surface area (Å²) in [4.78, 5) is 2.13. The highest BCUT2D eigenvalue weighted by atomic mass is 35.5. The van der Waals surface area contributed by atoms with Crippen LogP contribution in [0.3, 0.4) is 0 Å². The van der Waals surface area contributed by atoms with Crippen molar-refractivity contribution in [2.24, 2.45) is 0 Å². The normalized spacial score (nSPS) is 19.3. The molecule has 0 radical (unpaired) electrons. The van der Waals surface area contributed by atoms with Crippen molar-refractivity contribution in [1.82, 2.24) is 4.90 Å². The molecule has 1 fully saturated rings. The molecular formula is C17H26ClNO3. The third-order valence-corrected chi connectivity index (χ3v) is 4.46. The molecule has 0 aromatic heterocycles. The zero-order valence-corrected chi connectivity index (χ0v) is 14.1. The van der Waals surface area contributed by atoms with E-state index in [1.54, 1.807) is 0 Å². The number of benzene rings is 1. The van der Waals surface area contributed by atoms with Crippen molar-refractivity contribution in [1.29, 1.82) is 0 Å². The molecule has 5 heteroatoms. The second-order valence-electron chi connectivity index (χ2n) is 5.97. The summed E-state index contributed by atoms with van der Waals surface area (Å²) in [6.45, 7) is 4.59. The van der Waals surface area contributed by atoms with Crippen molar-refractivity contribution < 1.29 is 14.6 Å². The van der Waals surface area contributed by atoms with E-state index in [-0.39, 0.29) is 12.1 Å². The molecule has 0 spiro atoms. The second-order valence-corrected chi connectivity index (χ2v) is 6.40. The summed E-state index contributed by atoms with van der Waals surface area (Å²) in [6, 6.07) is 8.05. The van der Waals surface area contributed by atoms with Crippen molar-refractivity contribution in [2.75, 3.05) is 33.4 Å². The molecule has 1 saturated heterocycles. The number of hydrogen-bond donors (Lipinski definition) is 1. The van der Waals surface area contributed by atoms with Gasteiger partial charge in [0.15, 0.2) is 0 Å². The number of nitrogens with zero attached hydrogens (tertiary/aromatic N) is 1. The largest absolute Gasteiger partial charge is 0.389 e. The van der Waals surface area contributed by atoms with Gasteiger partial charge in [0.25, 0.3) is 0 Å². The maximum atomic E-state index is 10.2. The predicted octanol–water partition coefficient (Wildman–Crippen LogP) is 2.89. The summed E-state index contributed by atoms with van der Waals surface area (Å²) >= 11 is 5.92. The maximum Gasteiger partial charge on any atom is 0.0900 e. The molecule has 124 valence electrons. The molecule has 1 heterocycles. The Morgan fingerprint density at radius 2 is 1.95 bits per heavy atom. The fraction of sp³-hybridized carbons (Fsp3) is 0.647. The Kier molecular flexibility index (Phi) is 7.12. The topological polar surface area (TPSA) is 41.9 Å². The highest BCUT2D eigenvalue weighted by molar-refractivity contribution is 6.30. The van der Waals surface area contributed by atoms with Gasteiger partial charge in [-0.2, -0.15) is 0 Å². The van der Waals surface area contributed by atoms with Gasteiger partial charge in [-0.1, -0.05) is 23.7 Å². The average Bonchev–Trinajstić information content (AvgIpc) is 2.54. The third-order valence-electron chi connectivity index (χ3n) is 4.20. The van der Waals surface area contributed by atoms with Crippen molar-refractivity contribution >= 4 is 11.6 Å². The predicted molar refractivity (Wildman–Crippen MR) is 88.3 cm³/mol. The molecule has 22 heavy (non-hydrogen) atoms. The van der Waals surface area contributed by atoms with Gasteiger partial charge in [0.2, 0.25) is 0 Å². The van der Waals surface area contributed by atoms with Crippen LogP contribution in [-0.4, -0.2) is 55.6 Å². The molecule has 2 unspecified atom stereocenters. The van der Waals surface area contributed by atoms with Crippen LogP contribution in [0.15, 0.2) is 24.3 Å². The lowest BCUT2D eigenvalue weighted by atomic mass is 10.1. The molecular weight excluding hydrogens is 302 g/mol. The van der Waals surface area contributed by atoms with Crippen LogP contribution in [0.1, 0.15) is 31.4 Å². The van der Waals surface area contributed by atoms with Crippen molar-refractivity contribution in [2.45, 2.75) is 38.0 Å². The number of aliphatic hydroxyl groups is 1. The molecule has 0 aliphatic carbocycles. The molecule has 0 amide bonds. The average molecular weight is 328 g/mol. The van der Waals surface area contributed by atoms with E-state index in [0.29, 0.717) is 13.2 Å². The van der Waals surface area contributed by atoms with Gasteiger partial charge < -0.3 is 14.6 Å². The van der Waals surface area contributed by atoms with Crippen LogP contribution in [0.4, 0.5) is 0 Å². The minimum absolute atomic E-state index is 0.218. The molecule has 2 atom stereocenters. The van der Waals surface area contributed by atoms with Gasteiger partial charge in [-0.25, -0.2) is 0 Å². The molecule has 0 saturated carbocycles. The molecule has 2 rings (SSSR count). The van der Waals surface area contributed by atoms with Crippen molar-refractivity contribution in [3.8, 4) is 0 Å². The molecule has 0 bridgehead atoms. The Hall–Kier alpha value is -0.650. The summed E-state index contributed by atoms with van der Waals surface area (Å²) in [7, 11) is 2.01. The van der Waals surface area contributed by atoms with E-state index >= 15 is 0 Å². The van der Waals surface area contributed by atoms with Crippen LogP contribution in [-0.2, 0) is 9.47 Å². The lowest BCUT2D eigenvalue weighted by molar-refractivity contribution is -0.0644. The summed E-state index contributed by atoms with van der Waals surface area (Å²) in [6.07, 6.45) is 1.58. The highest BCUT2D eigenvalue weighted by Gasteiger charge is 2.19. The fourth-order valence-electron chi connectivity index (χ4n) is 2.63. The number of aliphatic hydroxyl groups excluding tert-OH is 1. The van der Waals surface area contributed by atoms with Crippen molar-refractivity contribution in [3.05, 3.63) is 34.9 Å². The van der Waals surface area contributed by atoms with E-state index in [2.05, 4.69) is 11.8 Å². The standard InChI is InChI=1S/C17H26ClNO3/c1-13(14-3-5-15(18)6-4-14)19(2)11-16(20)12-22-17-7-9-21-10-8-17/h3-6,13,16-17,20H,7-12H2,1-2H3. The van der Waals surface area contributed by atoms with Gasteiger partial charge in [0.05, 0.1) is 18.8 Å².